The van der Waals surface area contributed by atoms with E-state index in [4.69, 9.17) is 20.9 Å². The average Bonchev–Trinajstić information content (AvgIpc) is 2.91. The summed E-state index contributed by atoms with van der Waals surface area (Å²) in [5.41, 5.74) is 6.19. The first-order chi connectivity index (χ1) is 18.9. The molecule has 0 aliphatic rings. The molecule has 0 spiro atoms. The van der Waals surface area contributed by atoms with Gasteiger partial charge >= 0.3 is 11.9 Å². The molecule has 0 aromatic heterocycles. The molecule has 0 saturated heterocycles. The van der Waals surface area contributed by atoms with Crippen LogP contribution in [0.15, 0.2) is 47.7 Å². The number of carbonyl (C=O) groups excluding carboxylic acids is 2. The van der Waals surface area contributed by atoms with Crippen LogP contribution in [0.4, 0.5) is 22.7 Å². The first-order valence-electron chi connectivity index (χ1n) is 11.2. The van der Waals surface area contributed by atoms with E-state index >= 15 is 0 Å². The normalized spacial score (nSPS) is 11.2. The Morgan fingerprint density at radius 2 is 1.05 bits per heavy atom. The maximum Gasteiger partial charge on any atom is 0.355 e. The van der Waals surface area contributed by atoms with Crippen LogP contribution < -0.4 is 11.5 Å². The maximum atomic E-state index is 12.9. The van der Waals surface area contributed by atoms with Gasteiger partial charge in [0.05, 0.1) is 25.3 Å². The number of benzene rings is 2. The van der Waals surface area contributed by atoms with Crippen molar-refractivity contribution >= 4 is 34.7 Å². The standard InChI is InChI=1S/C22H22N6O12/c23-10-2-1-5-13(21(29)39-11-14-16(25(31)32)6-3-7-17(14)26(33)34)20(24)22(30)40-12-15-18(27(35)36)8-4-9-19(15)28(37)38/h3-4,6-9H,1-2,5,10-12,23-24H2/b20-13-. The van der Waals surface area contributed by atoms with Crippen LogP contribution in [0.5, 0.6) is 0 Å². The summed E-state index contributed by atoms with van der Waals surface area (Å²) in [7, 11) is 0. The quantitative estimate of drug-likeness (QED) is 0.110. The van der Waals surface area contributed by atoms with Crippen LogP contribution >= 0.6 is 0 Å². The number of hydrogen-bond acceptors (Lipinski definition) is 14. The van der Waals surface area contributed by atoms with E-state index in [2.05, 4.69) is 0 Å². The summed E-state index contributed by atoms with van der Waals surface area (Å²) < 4.78 is 9.97. The minimum absolute atomic E-state index is 0.193. The monoisotopic (exact) mass is 562 g/mol. The number of nitrogens with zero attached hydrogens (tertiary/aromatic N) is 4. The smallest absolute Gasteiger partial charge is 0.355 e. The van der Waals surface area contributed by atoms with E-state index in [9.17, 15) is 50.0 Å². The highest BCUT2D eigenvalue weighted by atomic mass is 16.6. The lowest BCUT2D eigenvalue weighted by molar-refractivity contribution is -0.396. The first kappa shape index (κ1) is 30.7. The number of carbonyl (C=O) groups is 2. The van der Waals surface area contributed by atoms with E-state index in [0.29, 0.717) is 6.42 Å². The number of rotatable bonds is 14. The number of esters is 2. The molecule has 4 N–H and O–H groups in total. The highest BCUT2D eigenvalue weighted by Crippen LogP contribution is 2.30. The number of ether oxygens (including phenoxy) is 2. The Kier molecular flexibility index (Phi) is 10.6. The number of nitro benzene ring substituents is 4. The van der Waals surface area contributed by atoms with Crippen molar-refractivity contribution in [1.29, 1.82) is 0 Å². The highest BCUT2D eigenvalue weighted by Gasteiger charge is 2.29. The molecule has 0 amide bonds. The van der Waals surface area contributed by atoms with E-state index in [-0.39, 0.29) is 19.4 Å². The van der Waals surface area contributed by atoms with E-state index in [0.717, 1.165) is 36.4 Å². The molecule has 0 unspecified atom stereocenters. The van der Waals surface area contributed by atoms with E-state index in [1.165, 1.54) is 0 Å². The fourth-order valence-electron chi connectivity index (χ4n) is 3.46. The first-order valence-corrected chi connectivity index (χ1v) is 11.2. The molecule has 0 atom stereocenters. The van der Waals surface area contributed by atoms with Gasteiger partial charge in [0, 0.05) is 24.3 Å². The van der Waals surface area contributed by atoms with Crippen LogP contribution in [0.1, 0.15) is 30.4 Å². The molecule has 18 nitrogen and oxygen atoms in total. The van der Waals surface area contributed by atoms with Gasteiger partial charge in [0.1, 0.15) is 30.0 Å². The summed E-state index contributed by atoms with van der Waals surface area (Å²) in [4.78, 5) is 67.1. The van der Waals surface area contributed by atoms with Gasteiger partial charge in [-0.25, -0.2) is 9.59 Å². The van der Waals surface area contributed by atoms with Crippen molar-refractivity contribution in [3.05, 3.63) is 99.3 Å². The van der Waals surface area contributed by atoms with Gasteiger partial charge in [0.25, 0.3) is 22.7 Å². The Balaban J connectivity index is 2.36. The lowest BCUT2D eigenvalue weighted by Crippen LogP contribution is -2.22. The zero-order valence-electron chi connectivity index (χ0n) is 20.5. The summed E-state index contributed by atoms with van der Waals surface area (Å²) in [6, 6.07) is 6.03. The second-order valence-electron chi connectivity index (χ2n) is 7.87. The topological polar surface area (TPSA) is 277 Å². The van der Waals surface area contributed by atoms with Gasteiger partial charge in [-0.05, 0) is 37.9 Å². The van der Waals surface area contributed by atoms with Crippen LogP contribution in [0.25, 0.3) is 0 Å². The second-order valence-corrected chi connectivity index (χ2v) is 7.87. The molecule has 0 radical (unpaired) electrons. The molecule has 0 saturated carbocycles. The van der Waals surface area contributed by atoms with Gasteiger partial charge in [-0.15, -0.1) is 0 Å². The lowest BCUT2D eigenvalue weighted by Gasteiger charge is -2.12. The van der Waals surface area contributed by atoms with Gasteiger partial charge in [0.2, 0.25) is 0 Å². The number of unbranched alkanes of at least 4 members (excludes halogenated alkanes) is 1. The summed E-state index contributed by atoms with van der Waals surface area (Å²) in [6.45, 7) is -1.66. The molecule has 2 rings (SSSR count). The largest absolute Gasteiger partial charge is 0.457 e. The lowest BCUT2D eigenvalue weighted by atomic mass is 10.1. The van der Waals surface area contributed by atoms with Crippen LogP contribution in [-0.4, -0.2) is 38.2 Å². The van der Waals surface area contributed by atoms with Crippen LogP contribution in [-0.2, 0) is 32.3 Å². The molecule has 2 aromatic carbocycles. The Bertz CT molecular complexity index is 1330. The Morgan fingerprint density at radius 1 is 0.675 bits per heavy atom. The molecular weight excluding hydrogens is 540 g/mol. The van der Waals surface area contributed by atoms with Gasteiger partial charge in [-0.2, -0.15) is 0 Å². The number of hydrogen-bond donors (Lipinski definition) is 2. The van der Waals surface area contributed by atoms with Crippen molar-refractivity contribution in [3.63, 3.8) is 0 Å². The predicted molar refractivity (Wildman–Crippen MR) is 133 cm³/mol. The van der Waals surface area contributed by atoms with Gasteiger partial charge in [-0.1, -0.05) is 0 Å². The third kappa shape index (κ3) is 7.51. The molecule has 2 aromatic rings. The maximum absolute atomic E-state index is 12.9. The molecule has 0 heterocycles. The summed E-state index contributed by atoms with van der Waals surface area (Å²) >= 11 is 0. The van der Waals surface area contributed by atoms with Crippen LogP contribution in [0.2, 0.25) is 0 Å². The third-order valence-corrected chi connectivity index (χ3v) is 5.41. The van der Waals surface area contributed by atoms with Gasteiger partial charge < -0.3 is 20.9 Å². The molecule has 40 heavy (non-hydrogen) atoms. The minimum Gasteiger partial charge on any atom is -0.457 e. The third-order valence-electron chi connectivity index (χ3n) is 5.41. The molecule has 212 valence electrons. The zero-order chi connectivity index (χ0) is 30.0. The van der Waals surface area contributed by atoms with Crippen molar-refractivity contribution in [2.45, 2.75) is 32.5 Å². The van der Waals surface area contributed by atoms with E-state index < -0.39 is 90.0 Å². The fraction of sp³-hybridized carbons (Fsp3) is 0.273. The molecule has 0 aliphatic carbocycles. The predicted octanol–water partition coefficient (Wildman–Crippen LogP) is 2.45. The average molecular weight is 562 g/mol. The van der Waals surface area contributed by atoms with E-state index in [1.54, 1.807) is 0 Å². The SMILES string of the molecule is NCCCC/C(C(=O)OCc1c([N+](=O)[O-])cccc1[N+](=O)[O-])=C(/N)C(=O)OCc1c([N+](=O)[O-])cccc1[N+](=O)[O-]. The van der Waals surface area contributed by atoms with Crippen molar-refractivity contribution in [1.82, 2.24) is 0 Å². The molecule has 18 heteroatoms. The van der Waals surface area contributed by atoms with Crippen LogP contribution in [0.3, 0.4) is 0 Å². The zero-order valence-corrected chi connectivity index (χ0v) is 20.5. The molecular formula is C22H22N6O12. The number of nitrogens with two attached hydrogens (primary N) is 2. The second kappa shape index (κ2) is 13.9. The van der Waals surface area contributed by atoms with Crippen molar-refractivity contribution in [2.75, 3.05) is 6.54 Å². The minimum atomic E-state index is -1.37. The summed E-state index contributed by atoms with van der Waals surface area (Å²) in [5, 5.41) is 45.2. The van der Waals surface area contributed by atoms with Crippen molar-refractivity contribution in [2.24, 2.45) is 11.5 Å². The van der Waals surface area contributed by atoms with Crippen LogP contribution in [0, 0.1) is 40.5 Å². The number of nitro groups is 4. The Labute approximate surface area is 223 Å². The summed E-state index contributed by atoms with van der Waals surface area (Å²) in [6.07, 6.45) is 0.398. The fourth-order valence-corrected chi connectivity index (χ4v) is 3.46. The Hall–Kier alpha value is -5.52. The van der Waals surface area contributed by atoms with Crippen molar-refractivity contribution < 1.29 is 38.8 Å². The Morgan fingerprint density at radius 3 is 1.40 bits per heavy atom. The van der Waals surface area contributed by atoms with Crippen molar-refractivity contribution in [3.8, 4) is 0 Å². The highest BCUT2D eigenvalue weighted by molar-refractivity contribution is 5.99. The molecule has 0 bridgehead atoms. The van der Waals surface area contributed by atoms with Gasteiger partial charge in [-0.3, -0.25) is 40.5 Å². The molecule has 0 aliphatic heterocycles. The van der Waals surface area contributed by atoms with Gasteiger partial charge in [0.15, 0.2) is 0 Å². The summed E-state index contributed by atoms with van der Waals surface area (Å²) in [5.74, 6) is -2.63. The van der Waals surface area contributed by atoms with E-state index in [1.807, 2.05) is 0 Å². The molecule has 0 fully saturated rings.